The van der Waals surface area contributed by atoms with Gasteiger partial charge in [-0.25, -0.2) is 0 Å². The van der Waals surface area contributed by atoms with Crippen LogP contribution in [0, 0.1) is 0 Å². The Labute approximate surface area is 232 Å². The third-order valence-corrected chi connectivity index (χ3v) is 7.90. The second-order valence-corrected chi connectivity index (χ2v) is 11.7. The number of rotatable bonds is 30. The molecule has 0 radical (unpaired) electrons. The van der Waals surface area contributed by atoms with E-state index in [1.807, 2.05) is 0 Å². The van der Waals surface area contributed by atoms with Gasteiger partial charge in [0.15, 0.2) is 0 Å². The largest absolute Gasteiger partial charge is 0.394 e. The quantitative estimate of drug-likeness (QED) is 0.0818. The molecule has 2 unspecified atom stereocenters. The number of carbonyl (C=O) groups is 1. The molecular formula is C33H67NO3. The topological polar surface area (TPSA) is 69.6 Å². The van der Waals surface area contributed by atoms with Gasteiger partial charge in [-0.2, -0.15) is 0 Å². The lowest BCUT2D eigenvalue weighted by Gasteiger charge is -2.21. The molecule has 0 aromatic heterocycles. The van der Waals surface area contributed by atoms with Crippen LogP contribution >= 0.6 is 0 Å². The summed E-state index contributed by atoms with van der Waals surface area (Å²) in [7, 11) is 0. The van der Waals surface area contributed by atoms with Gasteiger partial charge in [-0.1, -0.05) is 174 Å². The van der Waals surface area contributed by atoms with Crippen LogP contribution in [0.4, 0.5) is 0 Å². The standard InChI is InChI=1S/C33H67NO3/c1-3-4-5-6-7-8-9-10-11-12-13-14-15-16-17-18-19-20-21-22-23-24-25-26-27-28-29-33(37)32(30-35)34-31(2)36/h32-33,35,37H,3-30H2,1-2H3,(H,34,36). The van der Waals surface area contributed by atoms with E-state index < -0.39 is 12.1 Å². The lowest BCUT2D eigenvalue weighted by molar-refractivity contribution is -0.121. The van der Waals surface area contributed by atoms with Gasteiger partial charge < -0.3 is 15.5 Å². The molecule has 0 saturated carbocycles. The van der Waals surface area contributed by atoms with Gasteiger partial charge in [0.05, 0.1) is 18.8 Å². The number of carbonyl (C=O) groups excluding carboxylic acids is 1. The van der Waals surface area contributed by atoms with Crippen LogP contribution in [0.15, 0.2) is 0 Å². The average molecular weight is 526 g/mol. The maximum atomic E-state index is 11.1. The highest BCUT2D eigenvalue weighted by Crippen LogP contribution is 2.16. The molecule has 0 spiro atoms. The van der Waals surface area contributed by atoms with Gasteiger partial charge in [0.25, 0.3) is 0 Å². The molecule has 37 heavy (non-hydrogen) atoms. The van der Waals surface area contributed by atoms with Crippen molar-refractivity contribution < 1.29 is 15.0 Å². The number of hydrogen-bond donors (Lipinski definition) is 3. The molecule has 0 aliphatic rings. The Bertz CT molecular complexity index is 457. The fourth-order valence-corrected chi connectivity index (χ4v) is 5.40. The Balaban J connectivity index is 3.18. The highest BCUT2D eigenvalue weighted by molar-refractivity contribution is 5.73. The maximum Gasteiger partial charge on any atom is 0.217 e. The van der Waals surface area contributed by atoms with Crippen LogP contribution in [0.5, 0.6) is 0 Å². The summed E-state index contributed by atoms with van der Waals surface area (Å²) < 4.78 is 0. The zero-order valence-electron chi connectivity index (χ0n) is 25.3. The minimum Gasteiger partial charge on any atom is -0.394 e. The molecule has 4 heteroatoms. The summed E-state index contributed by atoms with van der Waals surface area (Å²) in [6.45, 7) is 3.50. The van der Waals surface area contributed by atoms with Crippen molar-refractivity contribution in [1.82, 2.24) is 5.32 Å². The molecule has 0 aliphatic carbocycles. The second-order valence-electron chi connectivity index (χ2n) is 11.7. The predicted octanol–water partition coefficient (Wildman–Crippen LogP) is 9.40. The smallest absolute Gasteiger partial charge is 0.217 e. The first-order chi connectivity index (χ1) is 18.1. The van der Waals surface area contributed by atoms with Gasteiger partial charge in [-0.15, -0.1) is 0 Å². The first-order valence-electron chi connectivity index (χ1n) is 16.7. The van der Waals surface area contributed by atoms with Crippen LogP contribution < -0.4 is 5.32 Å². The van der Waals surface area contributed by atoms with Gasteiger partial charge in [-0.05, 0) is 6.42 Å². The van der Waals surface area contributed by atoms with Gasteiger partial charge in [0.2, 0.25) is 5.91 Å². The van der Waals surface area contributed by atoms with E-state index in [-0.39, 0.29) is 12.5 Å². The Hall–Kier alpha value is -0.610. The monoisotopic (exact) mass is 526 g/mol. The molecule has 3 N–H and O–H groups in total. The fraction of sp³-hybridized carbons (Fsp3) is 0.970. The van der Waals surface area contributed by atoms with Crippen LogP contribution in [0.3, 0.4) is 0 Å². The summed E-state index contributed by atoms with van der Waals surface area (Å²) >= 11 is 0. The Morgan fingerprint density at radius 3 is 1.05 bits per heavy atom. The van der Waals surface area contributed by atoms with E-state index in [1.54, 1.807) is 0 Å². The first-order valence-corrected chi connectivity index (χ1v) is 16.7. The van der Waals surface area contributed by atoms with Gasteiger partial charge in [0.1, 0.15) is 0 Å². The average Bonchev–Trinajstić information content (AvgIpc) is 2.89. The number of nitrogens with one attached hydrogen (secondary N) is 1. The molecule has 0 aliphatic heterocycles. The van der Waals surface area contributed by atoms with E-state index in [9.17, 15) is 15.0 Å². The van der Waals surface area contributed by atoms with E-state index in [1.165, 1.54) is 161 Å². The summed E-state index contributed by atoms with van der Waals surface area (Å²) in [5.74, 6) is -0.205. The zero-order valence-corrected chi connectivity index (χ0v) is 25.3. The summed E-state index contributed by atoms with van der Waals surface area (Å²) in [4.78, 5) is 11.1. The van der Waals surface area contributed by atoms with E-state index in [0.29, 0.717) is 6.42 Å². The van der Waals surface area contributed by atoms with Crippen molar-refractivity contribution in [1.29, 1.82) is 0 Å². The molecule has 0 bridgehead atoms. The van der Waals surface area contributed by atoms with Crippen molar-refractivity contribution in [3.63, 3.8) is 0 Å². The van der Waals surface area contributed by atoms with E-state index in [2.05, 4.69) is 12.2 Å². The molecule has 2 atom stereocenters. The highest BCUT2D eigenvalue weighted by Gasteiger charge is 2.18. The molecule has 0 aromatic carbocycles. The van der Waals surface area contributed by atoms with Crippen LogP contribution in [-0.4, -0.2) is 34.9 Å². The fourth-order valence-electron chi connectivity index (χ4n) is 5.40. The third kappa shape index (κ3) is 28.2. The first kappa shape index (κ1) is 36.4. The number of amides is 1. The number of hydrogen-bond acceptors (Lipinski definition) is 3. The van der Waals surface area contributed by atoms with Crippen molar-refractivity contribution >= 4 is 5.91 Å². The van der Waals surface area contributed by atoms with Crippen LogP contribution in [0.2, 0.25) is 0 Å². The van der Waals surface area contributed by atoms with Crippen molar-refractivity contribution in [2.75, 3.05) is 6.61 Å². The number of unbranched alkanes of at least 4 members (excludes halogenated alkanes) is 25. The van der Waals surface area contributed by atoms with Crippen molar-refractivity contribution in [2.45, 2.75) is 199 Å². The number of aliphatic hydroxyl groups is 2. The number of aliphatic hydroxyl groups excluding tert-OH is 2. The van der Waals surface area contributed by atoms with Crippen molar-refractivity contribution in [3.8, 4) is 0 Å². The Morgan fingerprint density at radius 2 is 0.811 bits per heavy atom. The van der Waals surface area contributed by atoms with Gasteiger partial charge in [-0.3, -0.25) is 4.79 Å². The van der Waals surface area contributed by atoms with E-state index >= 15 is 0 Å². The molecule has 0 fully saturated rings. The maximum absolute atomic E-state index is 11.1. The highest BCUT2D eigenvalue weighted by atomic mass is 16.3. The molecule has 0 heterocycles. The lowest BCUT2D eigenvalue weighted by atomic mass is 10.0. The van der Waals surface area contributed by atoms with Crippen LogP contribution in [-0.2, 0) is 4.79 Å². The Kier molecular flexibility index (Phi) is 29.4. The third-order valence-electron chi connectivity index (χ3n) is 7.90. The molecular weight excluding hydrogens is 458 g/mol. The lowest BCUT2D eigenvalue weighted by Crippen LogP contribution is -2.44. The Morgan fingerprint density at radius 1 is 0.541 bits per heavy atom. The summed E-state index contributed by atoms with van der Waals surface area (Å²) in [6.07, 6.45) is 36.0. The molecule has 0 rings (SSSR count). The predicted molar refractivity (Wildman–Crippen MR) is 161 cm³/mol. The van der Waals surface area contributed by atoms with E-state index in [4.69, 9.17) is 0 Å². The zero-order chi connectivity index (χ0) is 27.2. The molecule has 4 nitrogen and oxygen atoms in total. The summed E-state index contributed by atoms with van der Waals surface area (Å²) in [6, 6.07) is -0.531. The van der Waals surface area contributed by atoms with Crippen LogP contribution in [0.25, 0.3) is 0 Å². The minimum atomic E-state index is -0.650. The second kappa shape index (κ2) is 29.9. The van der Waals surface area contributed by atoms with Crippen molar-refractivity contribution in [2.24, 2.45) is 0 Å². The van der Waals surface area contributed by atoms with Crippen molar-refractivity contribution in [3.05, 3.63) is 0 Å². The molecule has 0 saturated heterocycles. The van der Waals surface area contributed by atoms with E-state index in [0.717, 1.165) is 12.8 Å². The summed E-state index contributed by atoms with van der Waals surface area (Å²) in [5.41, 5.74) is 0. The minimum absolute atomic E-state index is 0.205. The van der Waals surface area contributed by atoms with Gasteiger partial charge in [0, 0.05) is 6.92 Å². The van der Waals surface area contributed by atoms with Crippen LogP contribution in [0.1, 0.15) is 187 Å². The summed E-state index contributed by atoms with van der Waals surface area (Å²) in [5, 5.41) is 21.9. The normalized spacial score (nSPS) is 13.1. The molecule has 222 valence electrons. The molecule has 0 aromatic rings. The molecule has 1 amide bonds. The SMILES string of the molecule is CCCCCCCCCCCCCCCCCCCCCCCCCCCCC(O)C(CO)NC(C)=O. The van der Waals surface area contributed by atoms with Gasteiger partial charge >= 0.3 is 0 Å².